The maximum absolute atomic E-state index is 12.9. The molecule has 118 valence electrons. The lowest BCUT2D eigenvalue weighted by Crippen LogP contribution is -2.11. The summed E-state index contributed by atoms with van der Waals surface area (Å²) in [6.45, 7) is 0. The molecule has 0 amide bonds. The first-order chi connectivity index (χ1) is 10.6. The van der Waals surface area contributed by atoms with Gasteiger partial charge in [0.25, 0.3) is 0 Å². The van der Waals surface area contributed by atoms with Crippen molar-refractivity contribution in [3.8, 4) is 22.4 Å². The second-order valence-electron chi connectivity index (χ2n) is 4.69. The third kappa shape index (κ3) is 3.54. The molecule has 0 saturated carbocycles. The Morgan fingerprint density at radius 1 is 0.739 bits per heavy atom. The van der Waals surface area contributed by atoms with Gasteiger partial charge in [0.2, 0.25) is 5.82 Å². The molecule has 23 heavy (non-hydrogen) atoms. The maximum Gasteiger partial charge on any atom is 0.451 e. The monoisotopic (exact) mass is 317 g/mol. The minimum atomic E-state index is -4.57. The maximum atomic E-state index is 12.9. The van der Waals surface area contributed by atoms with Crippen molar-refractivity contribution in [3.63, 3.8) is 0 Å². The summed E-state index contributed by atoms with van der Waals surface area (Å²) >= 11 is 0. The molecule has 6 heteroatoms. The van der Waals surface area contributed by atoms with Crippen LogP contribution >= 0.6 is 0 Å². The summed E-state index contributed by atoms with van der Waals surface area (Å²) in [7, 11) is 0. The van der Waals surface area contributed by atoms with Crippen LogP contribution in [0.5, 0.6) is 0 Å². The Balaban J connectivity index is 0.00000192. The van der Waals surface area contributed by atoms with Crippen molar-refractivity contribution in [2.75, 3.05) is 0 Å². The minimum absolute atomic E-state index is 0. The van der Waals surface area contributed by atoms with Crippen LogP contribution in [0.4, 0.5) is 13.2 Å². The second kappa shape index (κ2) is 6.58. The first-order valence-corrected chi connectivity index (χ1v) is 6.61. The van der Waals surface area contributed by atoms with Crippen LogP contribution in [-0.4, -0.2) is 9.97 Å². The zero-order valence-corrected chi connectivity index (χ0v) is 12.1. The molecule has 3 rings (SSSR count). The van der Waals surface area contributed by atoms with Gasteiger partial charge >= 0.3 is 6.18 Å². The molecule has 0 bridgehead atoms. The Kier molecular flexibility index (Phi) is 4.76. The van der Waals surface area contributed by atoms with Crippen LogP contribution in [-0.2, 0) is 6.18 Å². The lowest BCUT2D eigenvalue weighted by Gasteiger charge is -2.12. The van der Waals surface area contributed by atoms with Crippen molar-refractivity contribution < 1.29 is 13.2 Å². The van der Waals surface area contributed by atoms with Gasteiger partial charge in [-0.2, -0.15) is 13.2 Å². The lowest BCUT2D eigenvalue weighted by molar-refractivity contribution is -0.144. The molecule has 3 aromatic rings. The first kappa shape index (κ1) is 16.6. The smallest absolute Gasteiger partial charge is 0.344 e. The molecule has 0 radical (unpaired) electrons. The van der Waals surface area contributed by atoms with Crippen molar-refractivity contribution in [2.45, 2.75) is 6.18 Å². The summed E-state index contributed by atoms with van der Waals surface area (Å²) in [5.74, 6) is -1.13. The van der Waals surface area contributed by atoms with Crippen LogP contribution in [0.1, 0.15) is 5.82 Å². The fourth-order valence-electron chi connectivity index (χ4n) is 2.16. The van der Waals surface area contributed by atoms with Gasteiger partial charge in [0.1, 0.15) is 0 Å². The van der Waals surface area contributed by atoms with Gasteiger partial charge in [0.05, 0.1) is 5.69 Å². The molecule has 0 saturated heterocycles. The highest BCUT2D eigenvalue weighted by Crippen LogP contribution is 2.33. The normalized spacial score (nSPS) is 10.9. The Hall–Kier alpha value is -2.73. The van der Waals surface area contributed by atoms with Crippen molar-refractivity contribution in [2.24, 2.45) is 0 Å². The third-order valence-corrected chi connectivity index (χ3v) is 3.17. The molecule has 1 aromatic heterocycles. The molecular formula is C17H14F3N3. The average Bonchev–Trinajstić information content (AvgIpc) is 2.55. The Labute approximate surface area is 131 Å². The van der Waals surface area contributed by atoms with Crippen LogP contribution in [0.15, 0.2) is 66.9 Å². The van der Waals surface area contributed by atoms with E-state index in [0.717, 1.165) is 5.56 Å². The third-order valence-electron chi connectivity index (χ3n) is 3.17. The van der Waals surface area contributed by atoms with Gasteiger partial charge in [-0.25, -0.2) is 9.97 Å². The quantitative estimate of drug-likeness (QED) is 0.724. The molecule has 3 N–H and O–H groups in total. The molecule has 2 aromatic carbocycles. The average molecular weight is 317 g/mol. The number of alkyl halides is 3. The van der Waals surface area contributed by atoms with E-state index in [2.05, 4.69) is 9.97 Å². The van der Waals surface area contributed by atoms with E-state index in [1.54, 1.807) is 30.3 Å². The van der Waals surface area contributed by atoms with Gasteiger partial charge in [0.15, 0.2) is 0 Å². The zero-order valence-electron chi connectivity index (χ0n) is 12.1. The molecular weight excluding hydrogens is 303 g/mol. The molecule has 0 atom stereocenters. The number of nitrogens with zero attached hydrogens (tertiary/aromatic N) is 2. The Morgan fingerprint density at radius 3 is 1.78 bits per heavy atom. The second-order valence-corrected chi connectivity index (χ2v) is 4.69. The van der Waals surface area contributed by atoms with E-state index in [1.807, 2.05) is 30.3 Å². The fourth-order valence-corrected chi connectivity index (χ4v) is 2.16. The Morgan fingerprint density at radius 2 is 1.26 bits per heavy atom. The van der Waals surface area contributed by atoms with E-state index < -0.39 is 12.0 Å². The molecule has 0 fully saturated rings. The van der Waals surface area contributed by atoms with E-state index in [0.29, 0.717) is 11.1 Å². The summed E-state index contributed by atoms with van der Waals surface area (Å²) in [5.41, 5.74) is 2.23. The molecule has 0 aliphatic rings. The van der Waals surface area contributed by atoms with Gasteiger partial charge in [-0.05, 0) is 5.56 Å². The van der Waals surface area contributed by atoms with Crippen molar-refractivity contribution in [1.29, 1.82) is 0 Å². The number of rotatable bonds is 2. The molecule has 0 aliphatic carbocycles. The first-order valence-electron chi connectivity index (χ1n) is 6.61. The van der Waals surface area contributed by atoms with Gasteiger partial charge < -0.3 is 6.15 Å². The van der Waals surface area contributed by atoms with Crippen molar-refractivity contribution in [3.05, 3.63) is 72.7 Å². The topological polar surface area (TPSA) is 60.8 Å². The molecule has 0 spiro atoms. The highest BCUT2D eigenvalue weighted by molar-refractivity contribution is 5.80. The van der Waals surface area contributed by atoms with E-state index in [1.165, 1.54) is 6.20 Å². The number of aromatic nitrogens is 2. The standard InChI is InChI=1S/C17H11F3N2.H3N/c18-17(19,20)16-21-11-14(12-7-3-1-4-8-12)15(22-16)13-9-5-2-6-10-13;/h1-11H;1H3. The van der Waals surface area contributed by atoms with Crippen LogP contribution in [0, 0.1) is 0 Å². The minimum Gasteiger partial charge on any atom is -0.344 e. The fraction of sp³-hybridized carbons (Fsp3) is 0.0588. The summed E-state index contributed by atoms with van der Waals surface area (Å²) in [6, 6.07) is 17.9. The van der Waals surface area contributed by atoms with Crippen molar-refractivity contribution >= 4 is 0 Å². The molecule has 0 unspecified atom stereocenters. The largest absolute Gasteiger partial charge is 0.451 e. The molecule has 0 aliphatic heterocycles. The molecule has 1 heterocycles. The van der Waals surface area contributed by atoms with Crippen LogP contribution in [0.2, 0.25) is 0 Å². The van der Waals surface area contributed by atoms with Crippen LogP contribution in [0.25, 0.3) is 22.4 Å². The number of hydrogen-bond acceptors (Lipinski definition) is 3. The van der Waals surface area contributed by atoms with Gasteiger partial charge in [-0.3, -0.25) is 0 Å². The summed E-state index contributed by atoms with van der Waals surface area (Å²) in [5, 5.41) is 0. The highest BCUT2D eigenvalue weighted by atomic mass is 19.4. The van der Waals surface area contributed by atoms with E-state index in [4.69, 9.17) is 0 Å². The highest BCUT2D eigenvalue weighted by Gasteiger charge is 2.35. The molecule has 3 nitrogen and oxygen atoms in total. The summed E-state index contributed by atoms with van der Waals surface area (Å²) in [6.07, 6.45) is -3.34. The van der Waals surface area contributed by atoms with E-state index in [-0.39, 0.29) is 11.8 Å². The number of benzene rings is 2. The van der Waals surface area contributed by atoms with E-state index in [9.17, 15) is 13.2 Å². The predicted octanol–water partition coefficient (Wildman–Crippen LogP) is 4.99. The van der Waals surface area contributed by atoms with Crippen LogP contribution < -0.4 is 6.15 Å². The summed E-state index contributed by atoms with van der Waals surface area (Å²) < 4.78 is 38.7. The zero-order chi connectivity index (χ0) is 15.6. The number of hydrogen-bond donors (Lipinski definition) is 1. The van der Waals surface area contributed by atoms with Gasteiger partial charge in [-0.1, -0.05) is 60.7 Å². The predicted molar refractivity (Wildman–Crippen MR) is 82.9 cm³/mol. The Bertz CT molecular complexity index is 772. The number of halogens is 3. The SMILES string of the molecule is FC(F)(F)c1ncc(-c2ccccc2)c(-c2ccccc2)n1.N. The lowest BCUT2D eigenvalue weighted by atomic mass is 10.0. The van der Waals surface area contributed by atoms with E-state index >= 15 is 0 Å². The van der Waals surface area contributed by atoms with Crippen molar-refractivity contribution in [1.82, 2.24) is 16.1 Å². The van der Waals surface area contributed by atoms with Crippen LogP contribution in [0.3, 0.4) is 0 Å². The van der Waals surface area contributed by atoms with Gasteiger partial charge in [-0.15, -0.1) is 0 Å². The summed E-state index contributed by atoms with van der Waals surface area (Å²) in [4.78, 5) is 7.23. The van der Waals surface area contributed by atoms with Gasteiger partial charge in [0, 0.05) is 17.3 Å².